The molecule has 0 N–H and O–H groups in total. The molecule has 0 fully saturated rings. The molecule has 16 aromatic rings. The molecular weight excluding hydrogens is 1430 g/mol. The summed E-state index contributed by atoms with van der Waals surface area (Å²) >= 11 is 14.7. The van der Waals surface area contributed by atoms with Crippen molar-refractivity contribution in [1.82, 2.24) is 0 Å². The van der Waals surface area contributed by atoms with Crippen molar-refractivity contribution in [2.24, 2.45) is 0 Å². The fourth-order valence-electron chi connectivity index (χ4n) is 14.4. The van der Waals surface area contributed by atoms with Gasteiger partial charge in [0.1, 0.15) is 0 Å². The van der Waals surface area contributed by atoms with Gasteiger partial charge in [-0.05, 0) is 59.7 Å². The molecule has 0 aliphatic carbocycles. The fraction of sp³-hybridized carbons (Fsp3) is 0.379. The Kier molecular flexibility index (Phi) is 23.5. The van der Waals surface area contributed by atoms with Crippen molar-refractivity contribution < 1.29 is 0 Å². The number of fused-ring (bicyclic) bond motifs is 15. The van der Waals surface area contributed by atoms with Gasteiger partial charge in [-0.15, -0.1) is 34.0 Å². The molecular formula is C87H94S7Se2. The SMILES string of the molecule is CCCCCCCCCCc1cc2cc3[se]c4cc5cc(CCCCCCCCCC)sc5cc4c3cc2s1.CCCCCCc1cc2cc3[se]c4cc5cc(CCCCCC)sc5cc4c3cc2s1.Cc1cc2cc3c(cc2s1)sc1cc2sc(-c4ccccc4)cc2cc13. The van der Waals surface area contributed by atoms with E-state index >= 15 is 0 Å². The van der Waals surface area contributed by atoms with Crippen molar-refractivity contribution in [3.05, 3.63) is 164 Å². The molecule has 96 heavy (non-hydrogen) atoms. The first-order chi connectivity index (χ1) is 47.2. The average Bonchev–Trinajstić information content (AvgIpc) is 1.62. The number of aryl methyl sites for hydroxylation is 5. The van der Waals surface area contributed by atoms with Crippen LogP contribution in [0.4, 0.5) is 0 Å². The molecule has 496 valence electrons. The Hall–Kier alpha value is -4.44. The van der Waals surface area contributed by atoms with Crippen LogP contribution in [0.1, 0.15) is 206 Å². The molecule has 0 aliphatic heterocycles. The molecule has 0 spiro atoms. The molecule has 0 amide bonds. The van der Waals surface area contributed by atoms with Crippen LogP contribution < -0.4 is 0 Å². The van der Waals surface area contributed by atoms with E-state index in [4.69, 9.17) is 0 Å². The third-order valence-corrected chi connectivity index (χ3v) is 32.3. The van der Waals surface area contributed by atoms with Crippen molar-refractivity contribution in [3.63, 3.8) is 0 Å². The second-order valence-corrected chi connectivity index (χ2v) is 40.1. The minimum atomic E-state index is 0.437. The summed E-state index contributed by atoms with van der Waals surface area (Å²) in [4.78, 5) is 9.05. The van der Waals surface area contributed by atoms with E-state index in [-0.39, 0.29) is 0 Å². The topological polar surface area (TPSA) is 0 Å². The van der Waals surface area contributed by atoms with Gasteiger partial charge in [0.2, 0.25) is 0 Å². The van der Waals surface area contributed by atoms with Crippen molar-refractivity contribution >= 4 is 228 Å². The van der Waals surface area contributed by atoms with Crippen LogP contribution in [0.2, 0.25) is 0 Å². The molecule has 7 aromatic carbocycles. The van der Waals surface area contributed by atoms with E-state index in [2.05, 4.69) is 174 Å². The van der Waals surface area contributed by atoms with Crippen molar-refractivity contribution in [2.75, 3.05) is 0 Å². The normalized spacial score (nSPS) is 12.1. The van der Waals surface area contributed by atoms with E-state index < -0.39 is 0 Å². The molecule has 9 heteroatoms. The van der Waals surface area contributed by atoms with E-state index in [1.165, 1.54) is 297 Å². The van der Waals surface area contributed by atoms with Crippen molar-refractivity contribution in [3.8, 4) is 10.4 Å². The summed E-state index contributed by atoms with van der Waals surface area (Å²) in [6.45, 7) is 11.4. The van der Waals surface area contributed by atoms with Gasteiger partial charge in [0, 0.05) is 39.3 Å². The Balaban J connectivity index is 0.000000126. The van der Waals surface area contributed by atoms with E-state index in [1.807, 2.05) is 79.4 Å². The average molecular weight is 1520 g/mol. The van der Waals surface area contributed by atoms with Gasteiger partial charge in [-0.1, -0.05) is 69.9 Å². The van der Waals surface area contributed by atoms with E-state index in [9.17, 15) is 0 Å². The van der Waals surface area contributed by atoms with Crippen LogP contribution in [0.15, 0.2) is 140 Å². The molecule has 0 saturated heterocycles. The molecule has 0 atom stereocenters. The van der Waals surface area contributed by atoms with Crippen LogP contribution >= 0.6 is 79.4 Å². The molecule has 9 heterocycles. The predicted octanol–water partition coefficient (Wildman–Crippen LogP) is 31.0. The summed E-state index contributed by atoms with van der Waals surface area (Å²) in [6.07, 6.45) is 38.3. The van der Waals surface area contributed by atoms with Gasteiger partial charge in [-0.2, -0.15) is 0 Å². The zero-order valence-electron chi connectivity index (χ0n) is 57.3. The van der Waals surface area contributed by atoms with Gasteiger partial charge in [0.25, 0.3) is 0 Å². The first-order valence-corrected chi connectivity index (χ1v) is 45.9. The number of hydrogen-bond acceptors (Lipinski definition) is 7. The number of rotatable bonds is 29. The first kappa shape index (κ1) is 68.7. The third-order valence-electron chi connectivity index (χ3n) is 19.7. The molecule has 16 rings (SSSR count). The standard InChI is InChI=1S/C36H48S2Se.C28H32S2Se.C23H14S3/c1-3-5-7-9-11-13-15-17-19-29-21-27-23-35-31(25-33(27)37-29)32-26-34-28(24-36(32)39-35)22-30(38-34)20-18-16-14-12-10-8-6-4-2;1-3-5-7-9-11-21-13-19-15-27-23(17-25(19)29-21)24-18-26-20(16-28(24)31-27)14-22(30-26)12-10-8-6-4-2;1-13-7-15-8-17-18-9-16-10-19(14-5-3-2-4-6-14)25-21(16)12-23(18)26-22(17)11-20(15)24-13/h21-26H,3-20H2,1-2H3;13-18H,3-12H2,1-2H3;2-12H,1H3. The van der Waals surface area contributed by atoms with Crippen LogP contribution in [0, 0.1) is 6.92 Å². The van der Waals surface area contributed by atoms with Crippen LogP contribution in [0.25, 0.3) is 130 Å². The Labute approximate surface area is 610 Å². The van der Waals surface area contributed by atoms with Gasteiger partial charge in [0.05, 0.1) is 0 Å². The Morgan fingerprint density at radius 2 is 0.562 bits per heavy atom. The monoisotopic (exact) mass is 1520 g/mol. The van der Waals surface area contributed by atoms with Crippen LogP contribution in [-0.4, -0.2) is 29.0 Å². The second-order valence-electron chi connectivity index (χ2n) is 27.4. The van der Waals surface area contributed by atoms with Crippen molar-refractivity contribution in [2.45, 2.75) is 214 Å². The van der Waals surface area contributed by atoms with E-state index in [1.54, 1.807) is 36.5 Å². The van der Waals surface area contributed by atoms with Gasteiger partial charge < -0.3 is 0 Å². The fourth-order valence-corrected chi connectivity index (χ4v) is 27.2. The summed E-state index contributed by atoms with van der Waals surface area (Å²) in [5.74, 6) is 0. The zero-order chi connectivity index (χ0) is 65.3. The third kappa shape index (κ3) is 16.3. The van der Waals surface area contributed by atoms with Gasteiger partial charge in [-0.25, -0.2) is 0 Å². The van der Waals surface area contributed by atoms with Crippen LogP contribution in [0.5, 0.6) is 0 Å². The predicted molar refractivity (Wildman–Crippen MR) is 447 cm³/mol. The maximum Gasteiger partial charge on any atom is 0.0369 e. The van der Waals surface area contributed by atoms with Gasteiger partial charge in [-0.3, -0.25) is 0 Å². The summed E-state index contributed by atoms with van der Waals surface area (Å²) in [6, 6.07) is 54.9. The molecule has 0 nitrogen and oxygen atoms in total. The molecule has 0 radical (unpaired) electrons. The number of benzene rings is 7. The summed E-state index contributed by atoms with van der Waals surface area (Å²) in [7, 11) is 0. The number of thiophene rings is 7. The van der Waals surface area contributed by atoms with Gasteiger partial charge >= 0.3 is 414 Å². The minimum absolute atomic E-state index is 0.437. The smallest absolute Gasteiger partial charge is 0.0369 e. The second kappa shape index (κ2) is 32.9. The van der Waals surface area contributed by atoms with Crippen LogP contribution in [0.3, 0.4) is 0 Å². The van der Waals surface area contributed by atoms with Crippen molar-refractivity contribution in [1.29, 1.82) is 0 Å². The Morgan fingerprint density at radius 3 is 0.938 bits per heavy atom. The van der Waals surface area contributed by atoms with Crippen LogP contribution in [-0.2, 0) is 25.7 Å². The Morgan fingerprint density at radius 1 is 0.250 bits per heavy atom. The molecule has 0 saturated carbocycles. The molecule has 0 unspecified atom stereocenters. The maximum atomic E-state index is 2.53. The van der Waals surface area contributed by atoms with Gasteiger partial charge in [0.15, 0.2) is 0 Å². The minimum Gasteiger partial charge on any atom is -0.141 e. The number of unbranched alkanes of at least 4 members (excludes halogenated alkanes) is 20. The molecule has 9 aromatic heterocycles. The largest absolute Gasteiger partial charge is 0.141 e. The summed E-state index contributed by atoms with van der Waals surface area (Å²) < 4.78 is 17.9. The van der Waals surface area contributed by atoms with E-state index in [0.717, 1.165) is 0 Å². The summed E-state index contributed by atoms with van der Waals surface area (Å²) in [5, 5.41) is 17.5. The zero-order valence-corrected chi connectivity index (χ0v) is 66.4. The Bertz CT molecular complexity index is 5020. The number of hydrogen-bond donors (Lipinski definition) is 0. The molecule has 0 bridgehead atoms. The quantitative estimate of drug-likeness (QED) is 0.0324. The maximum absolute atomic E-state index is 2.53. The molecule has 0 aliphatic rings. The summed E-state index contributed by atoms with van der Waals surface area (Å²) in [5.41, 5.74) is 1.30. The van der Waals surface area contributed by atoms with E-state index in [0.29, 0.717) is 29.0 Å². The first-order valence-electron chi connectivity index (χ1n) is 36.7.